The fraction of sp³-hybridized carbons (Fsp3) is 0.500. The monoisotopic (exact) mass is 299 g/mol. The molecule has 17 heavy (non-hydrogen) atoms. The number of hydrogen-bond acceptors (Lipinski definition) is 3. The van der Waals surface area contributed by atoms with Crippen LogP contribution in [0.1, 0.15) is 24.3 Å². The molecule has 4 nitrogen and oxygen atoms in total. The Morgan fingerprint density at radius 2 is 2.18 bits per heavy atom. The number of carbonyl (C=O) groups is 1. The molecule has 1 rings (SSSR count). The van der Waals surface area contributed by atoms with Gasteiger partial charge in [-0.15, -0.1) is 0 Å². The van der Waals surface area contributed by atoms with E-state index in [1.54, 1.807) is 24.2 Å². The predicted molar refractivity (Wildman–Crippen MR) is 71.7 cm³/mol. The highest BCUT2D eigenvalue weighted by Crippen LogP contribution is 2.15. The Hall–Kier alpha value is -0.940. The van der Waals surface area contributed by atoms with E-state index >= 15 is 0 Å². The highest BCUT2D eigenvalue weighted by molar-refractivity contribution is 9.10. The number of rotatable bonds is 4. The minimum absolute atomic E-state index is 0.0836. The summed E-state index contributed by atoms with van der Waals surface area (Å²) < 4.78 is 0.860. The Bertz CT molecular complexity index is 389. The molecule has 0 bridgehead atoms. The molecule has 1 aromatic heterocycles. The van der Waals surface area contributed by atoms with Crippen molar-refractivity contribution in [3.8, 4) is 0 Å². The average molecular weight is 300 g/mol. The molecule has 0 spiro atoms. The molecule has 1 amide bonds. The third kappa shape index (κ3) is 4.09. The highest BCUT2D eigenvalue weighted by Gasteiger charge is 2.22. The summed E-state index contributed by atoms with van der Waals surface area (Å²) in [6, 6.07) is 3.51. The van der Waals surface area contributed by atoms with Gasteiger partial charge < -0.3 is 10.6 Å². The van der Waals surface area contributed by atoms with Crippen LogP contribution in [0.3, 0.4) is 0 Å². The Balaban J connectivity index is 2.73. The molecule has 94 valence electrons. The number of amides is 1. The summed E-state index contributed by atoms with van der Waals surface area (Å²) >= 11 is 3.29. The lowest BCUT2D eigenvalue weighted by molar-refractivity contribution is 0.0734. The summed E-state index contributed by atoms with van der Waals surface area (Å²) in [6.07, 6.45) is 1.62. The first-order valence-corrected chi connectivity index (χ1v) is 6.22. The largest absolute Gasteiger partial charge is 0.340 e. The maximum absolute atomic E-state index is 12.1. The number of carbonyl (C=O) groups excluding carboxylic acids is 1. The van der Waals surface area contributed by atoms with E-state index in [-0.39, 0.29) is 11.3 Å². The summed E-state index contributed by atoms with van der Waals surface area (Å²) in [5, 5.41) is 0. The van der Waals surface area contributed by atoms with Crippen molar-refractivity contribution in [3.63, 3.8) is 0 Å². The van der Waals surface area contributed by atoms with Crippen molar-refractivity contribution < 1.29 is 4.79 Å². The van der Waals surface area contributed by atoms with Gasteiger partial charge in [-0.25, -0.2) is 4.98 Å². The van der Waals surface area contributed by atoms with Crippen molar-refractivity contribution in [1.29, 1.82) is 0 Å². The first-order valence-electron chi connectivity index (χ1n) is 5.43. The van der Waals surface area contributed by atoms with E-state index < -0.39 is 0 Å². The first-order chi connectivity index (χ1) is 7.85. The Labute approximate surface area is 110 Å². The number of hydrogen-bond donors (Lipinski definition) is 1. The van der Waals surface area contributed by atoms with Crippen molar-refractivity contribution >= 4 is 21.8 Å². The quantitative estimate of drug-likeness (QED) is 0.924. The summed E-state index contributed by atoms with van der Waals surface area (Å²) in [5.41, 5.74) is 6.02. The van der Waals surface area contributed by atoms with Crippen LogP contribution in [0.2, 0.25) is 0 Å². The Morgan fingerprint density at radius 3 is 2.65 bits per heavy atom. The summed E-state index contributed by atoms with van der Waals surface area (Å²) in [7, 11) is 1.77. The van der Waals surface area contributed by atoms with Crippen LogP contribution in [0.25, 0.3) is 0 Å². The summed E-state index contributed by atoms with van der Waals surface area (Å²) in [6.45, 7) is 5.22. The Kier molecular flexibility index (Phi) is 4.65. The van der Waals surface area contributed by atoms with E-state index in [2.05, 4.69) is 20.9 Å². The molecule has 1 aromatic rings. The molecule has 0 aliphatic heterocycles. The second kappa shape index (κ2) is 5.60. The minimum atomic E-state index is -0.0842. The normalized spacial score (nSPS) is 11.4. The fourth-order valence-corrected chi connectivity index (χ4v) is 1.71. The van der Waals surface area contributed by atoms with E-state index in [9.17, 15) is 4.79 Å². The molecule has 1 heterocycles. The number of halogens is 1. The lowest BCUT2D eigenvalue weighted by Gasteiger charge is -2.28. The molecule has 2 N–H and O–H groups in total. The van der Waals surface area contributed by atoms with Gasteiger partial charge in [0.25, 0.3) is 5.91 Å². The predicted octanol–water partition coefficient (Wildman–Crippen LogP) is 1.90. The van der Waals surface area contributed by atoms with Gasteiger partial charge in [0.05, 0.1) is 0 Å². The molecule has 0 fully saturated rings. The third-order valence-corrected chi connectivity index (χ3v) is 2.98. The van der Waals surface area contributed by atoms with Gasteiger partial charge in [-0.1, -0.05) is 13.8 Å². The molecule has 0 atom stereocenters. The van der Waals surface area contributed by atoms with E-state index in [0.717, 1.165) is 4.47 Å². The van der Waals surface area contributed by atoms with Crippen molar-refractivity contribution in [2.45, 2.75) is 13.8 Å². The van der Waals surface area contributed by atoms with Gasteiger partial charge in [0.2, 0.25) is 0 Å². The lowest BCUT2D eigenvalue weighted by Crippen LogP contribution is -2.40. The Morgan fingerprint density at radius 1 is 1.53 bits per heavy atom. The van der Waals surface area contributed by atoms with Gasteiger partial charge in [0, 0.05) is 24.3 Å². The molecule has 0 saturated heterocycles. The van der Waals surface area contributed by atoms with Crippen LogP contribution >= 0.6 is 15.9 Å². The molecular formula is C12H18BrN3O. The average Bonchev–Trinajstić information content (AvgIpc) is 2.28. The van der Waals surface area contributed by atoms with E-state index in [4.69, 9.17) is 5.73 Å². The van der Waals surface area contributed by atoms with E-state index in [1.165, 1.54) is 0 Å². The van der Waals surface area contributed by atoms with Crippen LogP contribution in [0.4, 0.5) is 0 Å². The van der Waals surface area contributed by atoms with Crippen molar-refractivity contribution in [1.82, 2.24) is 9.88 Å². The molecular weight excluding hydrogens is 282 g/mol. The summed E-state index contributed by atoms with van der Waals surface area (Å²) in [5.74, 6) is -0.0842. The molecule has 5 heteroatoms. The number of nitrogens with two attached hydrogens (primary N) is 1. The van der Waals surface area contributed by atoms with Gasteiger partial charge in [-0.2, -0.15) is 0 Å². The van der Waals surface area contributed by atoms with Crippen LogP contribution in [0.15, 0.2) is 22.8 Å². The zero-order chi connectivity index (χ0) is 13.1. The van der Waals surface area contributed by atoms with Gasteiger partial charge in [0.15, 0.2) is 0 Å². The first kappa shape index (κ1) is 14.1. The molecule has 0 aliphatic rings. The molecule has 0 radical (unpaired) electrons. The molecule has 0 saturated carbocycles. The maximum atomic E-state index is 12.1. The number of aromatic nitrogens is 1. The number of pyridine rings is 1. The smallest absolute Gasteiger partial charge is 0.272 e. The standard InChI is InChI=1S/C12H18BrN3O/c1-12(2,7-14)8-16(3)11(17)10-5-4-9(13)6-15-10/h4-6H,7-8,14H2,1-3H3. The zero-order valence-electron chi connectivity index (χ0n) is 10.4. The molecule has 0 unspecified atom stereocenters. The maximum Gasteiger partial charge on any atom is 0.272 e. The van der Waals surface area contributed by atoms with Crippen LogP contribution in [-0.4, -0.2) is 35.9 Å². The second-order valence-electron chi connectivity index (χ2n) is 4.89. The van der Waals surface area contributed by atoms with Crippen LogP contribution < -0.4 is 5.73 Å². The van der Waals surface area contributed by atoms with Gasteiger partial charge in [0.1, 0.15) is 5.69 Å². The van der Waals surface area contributed by atoms with Crippen LogP contribution in [-0.2, 0) is 0 Å². The van der Waals surface area contributed by atoms with E-state index in [0.29, 0.717) is 18.8 Å². The fourth-order valence-electron chi connectivity index (χ4n) is 1.48. The third-order valence-electron chi connectivity index (χ3n) is 2.51. The van der Waals surface area contributed by atoms with Crippen molar-refractivity contribution in [2.75, 3.05) is 20.1 Å². The molecule has 0 aromatic carbocycles. The van der Waals surface area contributed by atoms with Crippen LogP contribution in [0, 0.1) is 5.41 Å². The second-order valence-corrected chi connectivity index (χ2v) is 5.81. The highest BCUT2D eigenvalue weighted by atomic mass is 79.9. The van der Waals surface area contributed by atoms with Crippen LogP contribution in [0.5, 0.6) is 0 Å². The lowest BCUT2D eigenvalue weighted by atomic mass is 9.93. The van der Waals surface area contributed by atoms with Crippen molar-refractivity contribution in [2.24, 2.45) is 11.1 Å². The SMILES string of the molecule is CN(CC(C)(C)CN)C(=O)c1ccc(Br)cn1. The minimum Gasteiger partial charge on any atom is -0.340 e. The van der Waals surface area contributed by atoms with Crippen molar-refractivity contribution in [3.05, 3.63) is 28.5 Å². The van der Waals surface area contributed by atoms with Gasteiger partial charge in [-0.05, 0) is 40.0 Å². The number of nitrogens with zero attached hydrogens (tertiary/aromatic N) is 2. The summed E-state index contributed by atoms with van der Waals surface area (Å²) in [4.78, 5) is 17.8. The molecule has 0 aliphatic carbocycles. The van der Waals surface area contributed by atoms with Gasteiger partial charge >= 0.3 is 0 Å². The van der Waals surface area contributed by atoms with Gasteiger partial charge in [-0.3, -0.25) is 4.79 Å². The van der Waals surface area contributed by atoms with E-state index in [1.807, 2.05) is 19.9 Å². The topological polar surface area (TPSA) is 59.2 Å². The zero-order valence-corrected chi connectivity index (χ0v) is 12.0.